The summed E-state index contributed by atoms with van der Waals surface area (Å²) in [6, 6.07) is 3.20. The molecule has 4 rings (SSSR count). The van der Waals surface area contributed by atoms with Crippen LogP contribution in [0.15, 0.2) is 18.2 Å². The first-order valence-corrected chi connectivity index (χ1v) is 11.0. The van der Waals surface area contributed by atoms with Gasteiger partial charge in [0.15, 0.2) is 5.13 Å². The fraction of sp³-hybridized carbons (Fsp3) is 0.550. The molecule has 2 aliphatic rings. The topological polar surface area (TPSA) is 97.6 Å². The molecule has 0 bridgehead atoms. The first-order chi connectivity index (χ1) is 14.7. The molecule has 0 spiro atoms. The summed E-state index contributed by atoms with van der Waals surface area (Å²) < 4.78 is 41.7. The molecule has 2 amide bonds. The van der Waals surface area contributed by atoms with Crippen molar-refractivity contribution in [2.75, 3.05) is 18.4 Å². The van der Waals surface area contributed by atoms with Gasteiger partial charge in [0.1, 0.15) is 11.8 Å². The van der Waals surface area contributed by atoms with Crippen molar-refractivity contribution in [3.63, 3.8) is 0 Å². The molecule has 2 fully saturated rings. The van der Waals surface area contributed by atoms with Gasteiger partial charge in [-0.3, -0.25) is 9.59 Å². The largest absolute Gasteiger partial charge is 0.573 e. The number of benzene rings is 1. The lowest BCUT2D eigenvalue weighted by Gasteiger charge is -2.34. The minimum atomic E-state index is -4.78. The summed E-state index contributed by atoms with van der Waals surface area (Å²) in [5, 5.41) is 2.99. The molecule has 2 aromatic rings. The van der Waals surface area contributed by atoms with Crippen LogP contribution in [0.5, 0.6) is 5.75 Å². The van der Waals surface area contributed by atoms with Crippen molar-refractivity contribution < 1.29 is 27.5 Å². The summed E-state index contributed by atoms with van der Waals surface area (Å²) in [5.41, 5.74) is 5.81. The zero-order chi connectivity index (χ0) is 22.2. The molecule has 1 aliphatic carbocycles. The van der Waals surface area contributed by atoms with Crippen LogP contribution in [0.25, 0.3) is 10.2 Å². The van der Waals surface area contributed by atoms with Crippen LogP contribution in [0.3, 0.4) is 0 Å². The Morgan fingerprint density at radius 1 is 1.29 bits per heavy atom. The molecule has 1 saturated heterocycles. The highest BCUT2D eigenvalue weighted by Gasteiger charge is 2.46. The summed E-state index contributed by atoms with van der Waals surface area (Å²) in [4.78, 5) is 32.0. The van der Waals surface area contributed by atoms with Crippen LogP contribution in [0, 0.1) is 5.41 Å². The van der Waals surface area contributed by atoms with E-state index in [4.69, 9.17) is 5.73 Å². The summed E-state index contributed by atoms with van der Waals surface area (Å²) in [7, 11) is 0. The van der Waals surface area contributed by atoms with Crippen LogP contribution >= 0.6 is 11.3 Å². The van der Waals surface area contributed by atoms with Gasteiger partial charge in [-0.2, -0.15) is 0 Å². The van der Waals surface area contributed by atoms with Crippen molar-refractivity contribution in [1.82, 2.24) is 9.88 Å². The van der Waals surface area contributed by atoms with Crippen molar-refractivity contribution in [1.29, 1.82) is 0 Å². The van der Waals surface area contributed by atoms with Gasteiger partial charge >= 0.3 is 6.36 Å². The van der Waals surface area contributed by atoms with Crippen molar-refractivity contribution >= 4 is 38.5 Å². The quantitative estimate of drug-likeness (QED) is 0.716. The molecule has 31 heavy (non-hydrogen) atoms. The normalized spacial score (nSPS) is 20.9. The third-order valence-corrected chi connectivity index (χ3v) is 6.98. The molecule has 7 nitrogen and oxygen atoms in total. The molecule has 1 aromatic carbocycles. The number of alkyl halides is 3. The lowest BCUT2D eigenvalue weighted by Crippen LogP contribution is -2.51. The van der Waals surface area contributed by atoms with E-state index >= 15 is 0 Å². The Morgan fingerprint density at radius 3 is 2.71 bits per heavy atom. The number of hydrogen-bond acceptors (Lipinski definition) is 6. The number of aromatic nitrogens is 1. The second-order valence-electron chi connectivity index (χ2n) is 8.03. The average Bonchev–Trinajstić information content (AvgIpc) is 3.44. The Bertz CT molecular complexity index is 988. The number of carbonyl (C=O) groups is 2. The number of carbonyl (C=O) groups excluding carboxylic acids is 2. The highest BCUT2D eigenvalue weighted by molar-refractivity contribution is 7.22. The maximum Gasteiger partial charge on any atom is 0.573 e. The van der Waals surface area contributed by atoms with Crippen LogP contribution in [0.1, 0.15) is 38.5 Å². The van der Waals surface area contributed by atoms with E-state index in [1.165, 1.54) is 18.2 Å². The van der Waals surface area contributed by atoms with E-state index in [-0.39, 0.29) is 29.2 Å². The lowest BCUT2D eigenvalue weighted by atomic mass is 9.84. The molecule has 1 aromatic heterocycles. The molecule has 1 saturated carbocycles. The van der Waals surface area contributed by atoms with E-state index in [0.717, 1.165) is 43.4 Å². The lowest BCUT2D eigenvalue weighted by molar-refractivity contribution is -0.274. The van der Waals surface area contributed by atoms with Crippen LogP contribution in [0.2, 0.25) is 0 Å². The Balaban J connectivity index is 1.48. The Kier molecular flexibility index (Phi) is 5.82. The van der Waals surface area contributed by atoms with Gasteiger partial charge in [0, 0.05) is 19.2 Å². The fourth-order valence-corrected chi connectivity index (χ4v) is 5.39. The third-order valence-electron chi connectivity index (χ3n) is 6.04. The van der Waals surface area contributed by atoms with Crippen molar-refractivity contribution in [2.24, 2.45) is 11.1 Å². The second-order valence-corrected chi connectivity index (χ2v) is 9.06. The molecule has 11 heteroatoms. The number of fused-ring (bicyclic) bond motifs is 1. The molecular weight excluding hydrogens is 433 g/mol. The summed E-state index contributed by atoms with van der Waals surface area (Å²) in [5.74, 6) is -0.747. The fourth-order valence-electron chi connectivity index (χ4n) is 4.49. The van der Waals surface area contributed by atoms with E-state index in [9.17, 15) is 22.8 Å². The number of ether oxygens (including phenoxy) is 1. The van der Waals surface area contributed by atoms with Crippen molar-refractivity contribution in [2.45, 2.75) is 50.9 Å². The van der Waals surface area contributed by atoms with Crippen LogP contribution in [-0.4, -0.2) is 47.2 Å². The van der Waals surface area contributed by atoms with Gasteiger partial charge < -0.3 is 20.7 Å². The number of nitrogens with two attached hydrogens (primary N) is 1. The zero-order valence-corrected chi connectivity index (χ0v) is 17.5. The van der Waals surface area contributed by atoms with Crippen LogP contribution in [-0.2, 0) is 9.59 Å². The van der Waals surface area contributed by atoms with E-state index in [0.29, 0.717) is 23.2 Å². The Hall–Kier alpha value is -2.40. The van der Waals surface area contributed by atoms with Gasteiger partial charge in [0.25, 0.3) is 0 Å². The Morgan fingerprint density at radius 2 is 2.03 bits per heavy atom. The first kappa shape index (κ1) is 21.8. The van der Waals surface area contributed by atoms with Gasteiger partial charge in [-0.05, 0) is 37.8 Å². The van der Waals surface area contributed by atoms with E-state index in [1.54, 1.807) is 4.90 Å². The van der Waals surface area contributed by atoms with Gasteiger partial charge in [-0.1, -0.05) is 24.2 Å². The van der Waals surface area contributed by atoms with Gasteiger partial charge in [-0.25, -0.2) is 4.98 Å². The number of thiazole rings is 1. The summed E-state index contributed by atoms with van der Waals surface area (Å²) in [6.07, 6.45) is -0.108. The molecular formula is C20H23F3N4O3S. The van der Waals surface area contributed by atoms with Gasteiger partial charge in [0.05, 0.1) is 15.6 Å². The molecule has 1 atom stereocenters. The average molecular weight is 456 g/mol. The minimum absolute atomic E-state index is 0.0524. The number of halogens is 3. The number of hydrogen-bond donors (Lipinski definition) is 2. The standard InChI is InChI=1S/C20H23F3N4O3S/c21-20(22,23)30-12-5-6-13-15(10-12)31-18(25-13)26-16(28)14-4-3-9-27(14)17(29)19(11-24)7-1-2-8-19/h5-6,10,14H,1-4,7-9,11,24H2,(H,25,26,28). The summed E-state index contributed by atoms with van der Waals surface area (Å²) in [6.45, 7) is 0.785. The smallest absolute Gasteiger partial charge is 0.406 e. The maximum absolute atomic E-state index is 13.2. The van der Waals surface area contributed by atoms with E-state index in [1.807, 2.05) is 0 Å². The van der Waals surface area contributed by atoms with Gasteiger partial charge in [-0.15, -0.1) is 13.2 Å². The molecule has 2 heterocycles. The number of nitrogens with one attached hydrogen (secondary N) is 1. The summed E-state index contributed by atoms with van der Waals surface area (Å²) >= 11 is 1.05. The number of anilines is 1. The molecule has 3 N–H and O–H groups in total. The predicted octanol–water partition coefficient (Wildman–Crippen LogP) is 3.64. The highest BCUT2D eigenvalue weighted by atomic mass is 32.1. The van der Waals surface area contributed by atoms with Crippen molar-refractivity contribution in [3.05, 3.63) is 18.2 Å². The number of nitrogens with zero attached hydrogens (tertiary/aromatic N) is 2. The minimum Gasteiger partial charge on any atom is -0.406 e. The van der Waals surface area contributed by atoms with Gasteiger partial charge in [0.2, 0.25) is 11.8 Å². The number of amides is 2. The maximum atomic E-state index is 13.2. The second kappa shape index (κ2) is 8.27. The van der Waals surface area contributed by atoms with Crippen LogP contribution in [0.4, 0.5) is 18.3 Å². The first-order valence-electron chi connectivity index (χ1n) is 10.2. The van der Waals surface area contributed by atoms with Crippen molar-refractivity contribution in [3.8, 4) is 5.75 Å². The zero-order valence-electron chi connectivity index (χ0n) is 16.7. The third kappa shape index (κ3) is 4.47. The van der Waals surface area contributed by atoms with E-state index < -0.39 is 17.8 Å². The molecule has 1 aliphatic heterocycles. The Labute approximate surface area is 180 Å². The monoisotopic (exact) mass is 456 g/mol. The highest BCUT2D eigenvalue weighted by Crippen LogP contribution is 2.40. The number of likely N-dealkylation sites (tertiary alicyclic amines) is 1. The molecule has 0 radical (unpaired) electrons. The predicted molar refractivity (Wildman–Crippen MR) is 110 cm³/mol. The van der Waals surface area contributed by atoms with Crippen LogP contribution < -0.4 is 15.8 Å². The SMILES string of the molecule is NCC1(C(=O)N2CCCC2C(=O)Nc2nc3ccc(OC(F)(F)F)cc3s2)CCCC1. The van der Waals surface area contributed by atoms with E-state index in [2.05, 4.69) is 15.0 Å². The molecule has 168 valence electrons. The number of rotatable bonds is 5. The molecule has 1 unspecified atom stereocenters.